The van der Waals surface area contributed by atoms with E-state index in [1.165, 1.54) is 57.0 Å². The van der Waals surface area contributed by atoms with Crippen molar-refractivity contribution in [1.82, 2.24) is 14.5 Å². The van der Waals surface area contributed by atoms with Gasteiger partial charge in [-0.25, -0.2) is 8.42 Å². The number of benzene rings is 1. The van der Waals surface area contributed by atoms with E-state index in [9.17, 15) is 13.2 Å². The van der Waals surface area contributed by atoms with E-state index >= 15 is 0 Å². The van der Waals surface area contributed by atoms with Gasteiger partial charge in [-0.1, -0.05) is 24.9 Å². The second kappa shape index (κ2) is 10.4. The van der Waals surface area contributed by atoms with Crippen LogP contribution in [0.5, 0.6) is 0 Å². The van der Waals surface area contributed by atoms with Gasteiger partial charge in [-0.15, -0.1) is 0 Å². The highest BCUT2D eigenvalue weighted by Crippen LogP contribution is 2.19. The molecule has 1 aromatic rings. The summed E-state index contributed by atoms with van der Waals surface area (Å²) in [6, 6.07) is 6.58. The molecule has 152 valence electrons. The summed E-state index contributed by atoms with van der Waals surface area (Å²) in [4.78, 5) is 14.7. The molecule has 1 aromatic carbocycles. The van der Waals surface area contributed by atoms with Crippen LogP contribution in [0.25, 0.3) is 0 Å². The number of piperidine rings is 1. The lowest BCUT2D eigenvalue weighted by Gasteiger charge is -2.35. The zero-order chi connectivity index (χ0) is 19.9. The number of nitrogens with one attached hydrogen (secondary N) is 1. The number of carbonyl (C=O) groups excluding carboxylic acids is 1. The Hall–Kier alpha value is -1.15. The number of likely N-dealkylation sites (N-methyl/N-ethyl adjacent to an activating group) is 1. The van der Waals surface area contributed by atoms with E-state index in [-0.39, 0.29) is 17.3 Å². The van der Waals surface area contributed by atoms with Gasteiger partial charge in [-0.05, 0) is 56.5 Å². The first kappa shape index (κ1) is 22.1. The normalized spacial score (nSPS) is 18.6. The van der Waals surface area contributed by atoms with Crippen molar-refractivity contribution in [1.29, 1.82) is 0 Å². The van der Waals surface area contributed by atoms with E-state index < -0.39 is 10.0 Å². The molecule has 0 radical (unpaired) electrons. The second-order valence-corrected chi connectivity index (χ2v) is 9.49. The molecule has 1 N–H and O–H groups in total. The van der Waals surface area contributed by atoms with Crippen molar-refractivity contribution in [3.05, 3.63) is 29.3 Å². The number of likely N-dealkylation sites (tertiary alicyclic amines) is 1. The van der Waals surface area contributed by atoms with Crippen LogP contribution in [0.15, 0.2) is 29.2 Å². The van der Waals surface area contributed by atoms with Crippen molar-refractivity contribution >= 4 is 27.5 Å². The Morgan fingerprint density at radius 3 is 2.67 bits per heavy atom. The molecule has 27 heavy (non-hydrogen) atoms. The van der Waals surface area contributed by atoms with E-state index in [2.05, 4.69) is 17.1 Å². The van der Waals surface area contributed by atoms with Gasteiger partial charge in [0, 0.05) is 31.2 Å². The van der Waals surface area contributed by atoms with Crippen LogP contribution in [0.3, 0.4) is 0 Å². The number of nitrogens with zero attached hydrogens (tertiary/aromatic N) is 2. The second-order valence-electron chi connectivity index (χ2n) is 7.01. The maximum absolute atomic E-state index is 12.5. The standard InChI is InChI=1S/C19H30ClN3O3S/c1-3-17-7-4-5-13-23(17)14-6-12-21-19(24)15-22(2)27(25,26)18-10-8-16(20)9-11-18/h8-11,17H,3-7,12-15H2,1-2H3,(H,21,24)/t17-/m1/s1. The van der Waals surface area contributed by atoms with E-state index in [1.54, 1.807) is 0 Å². The number of sulfonamides is 1. The van der Waals surface area contributed by atoms with Gasteiger partial charge in [0.15, 0.2) is 0 Å². The highest BCUT2D eigenvalue weighted by Gasteiger charge is 2.23. The Bertz CT molecular complexity index is 709. The summed E-state index contributed by atoms with van der Waals surface area (Å²) < 4.78 is 26.0. The van der Waals surface area contributed by atoms with Crippen LogP contribution in [-0.4, -0.2) is 62.8 Å². The molecule has 0 aliphatic carbocycles. The average Bonchev–Trinajstić information content (AvgIpc) is 2.65. The van der Waals surface area contributed by atoms with Gasteiger partial charge in [0.1, 0.15) is 0 Å². The van der Waals surface area contributed by atoms with Gasteiger partial charge in [0.2, 0.25) is 15.9 Å². The minimum Gasteiger partial charge on any atom is -0.355 e. The quantitative estimate of drug-likeness (QED) is 0.629. The number of halogens is 1. The van der Waals surface area contributed by atoms with Crippen molar-refractivity contribution in [2.24, 2.45) is 0 Å². The molecule has 1 amide bonds. The summed E-state index contributed by atoms with van der Waals surface area (Å²) in [5.41, 5.74) is 0. The van der Waals surface area contributed by atoms with Crippen LogP contribution in [0.1, 0.15) is 39.0 Å². The Balaban J connectivity index is 1.75. The fourth-order valence-corrected chi connectivity index (χ4v) is 4.71. The summed E-state index contributed by atoms with van der Waals surface area (Å²) in [7, 11) is -2.30. The number of amides is 1. The minimum absolute atomic E-state index is 0.123. The van der Waals surface area contributed by atoms with Crippen LogP contribution in [-0.2, 0) is 14.8 Å². The van der Waals surface area contributed by atoms with Crippen LogP contribution in [0.2, 0.25) is 5.02 Å². The summed E-state index contributed by atoms with van der Waals surface area (Å²) in [6.07, 6.45) is 5.85. The summed E-state index contributed by atoms with van der Waals surface area (Å²) in [5, 5.41) is 3.29. The molecule has 0 aromatic heterocycles. The molecule has 1 aliphatic heterocycles. The third kappa shape index (κ3) is 6.45. The van der Waals surface area contributed by atoms with Crippen molar-refractivity contribution in [2.45, 2.75) is 50.0 Å². The fourth-order valence-electron chi connectivity index (χ4n) is 3.46. The molecular formula is C19H30ClN3O3S. The van der Waals surface area contributed by atoms with E-state index in [0.29, 0.717) is 17.6 Å². The summed E-state index contributed by atoms with van der Waals surface area (Å²) >= 11 is 5.79. The molecule has 8 heteroatoms. The molecule has 1 fully saturated rings. The zero-order valence-electron chi connectivity index (χ0n) is 16.2. The Kier molecular flexibility index (Phi) is 8.54. The van der Waals surface area contributed by atoms with Crippen LogP contribution in [0.4, 0.5) is 0 Å². The van der Waals surface area contributed by atoms with E-state index in [1.807, 2.05) is 0 Å². The molecule has 1 atom stereocenters. The van der Waals surface area contributed by atoms with Crippen molar-refractivity contribution < 1.29 is 13.2 Å². The molecule has 6 nitrogen and oxygen atoms in total. The fraction of sp³-hybridized carbons (Fsp3) is 0.632. The number of hydrogen-bond acceptors (Lipinski definition) is 4. The zero-order valence-corrected chi connectivity index (χ0v) is 17.7. The van der Waals surface area contributed by atoms with Crippen molar-refractivity contribution in [3.63, 3.8) is 0 Å². The van der Waals surface area contributed by atoms with E-state index in [4.69, 9.17) is 11.6 Å². The molecule has 0 spiro atoms. The molecule has 1 heterocycles. The third-order valence-electron chi connectivity index (χ3n) is 5.05. The van der Waals surface area contributed by atoms with Gasteiger partial charge >= 0.3 is 0 Å². The SMILES string of the molecule is CC[C@@H]1CCCCN1CCCNC(=O)CN(C)S(=O)(=O)c1ccc(Cl)cc1. The smallest absolute Gasteiger partial charge is 0.243 e. The molecule has 1 aliphatic rings. The molecule has 0 unspecified atom stereocenters. The van der Waals surface area contributed by atoms with Gasteiger partial charge in [-0.2, -0.15) is 4.31 Å². The van der Waals surface area contributed by atoms with Crippen molar-refractivity contribution in [2.75, 3.05) is 33.2 Å². The van der Waals surface area contributed by atoms with Gasteiger partial charge in [-0.3, -0.25) is 4.79 Å². The predicted octanol–water partition coefficient (Wildman–Crippen LogP) is 2.73. The lowest BCUT2D eigenvalue weighted by Crippen LogP contribution is -2.42. The molecule has 0 saturated carbocycles. The highest BCUT2D eigenvalue weighted by molar-refractivity contribution is 7.89. The minimum atomic E-state index is -3.70. The molecule has 2 rings (SSSR count). The van der Waals surface area contributed by atoms with Crippen molar-refractivity contribution in [3.8, 4) is 0 Å². The largest absolute Gasteiger partial charge is 0.355 e. The molecule has 0 bridgehead atoms. The first-order valence-corrected chi connectivity index (χ1v) is 11.4. The van der Waals surface area contributed by atoms with Crippen LogP contribution in [0, 0.1) is 0 Å². The Labute approximate surface area is 167 Å². The lowest BCUT2D eigenvalue weighted by atomic mass is 10.00. The predicted molar refractivity (Wildman–Crippen MR) is 108 cm³/mol. The van der Waals surface area contributed by atoms with Crippen LogP contribution < -0.4 is 5.32 Å². The summed E-state index contributed by atoms with van der Waals surface area (Å²) in [6.45, 7) is 4.68. The lowest BCUT2D eigenvalue weighted by molar-refractivity contribution is -0.121. The Morgan fingerprint density at radius 2 is 2.00 bits per heavy atom. The number of carbonyl (C=O) groups is 1. The van der Waals surface area contributed by atoms with Crippen LogP contribution >= 0.6 is 11.6 Å². The monoisotopic (exact) mass is 415 g/mol. The number of rotatable bonds is 9. The maximum atomic E-state index is 12.5. The Morgan fingerprint density at radius 1 is 1.30 bits per heavy atom. The van der Waals surface area contributed by atoms with Gasteiger partial charge in [0.25, 0.3) is 0 Å². The van der Waals surface area contributed by atoms with Gasteiger partial charge < -0.3 is 10.2 Å². The van der Waals surface area contributed by atoms with Gasteiger partial charge in [0.05, 0.1) is 11.4 Å². The topological polar surface area (TPSA) is 69.7 Å². The first-order chi connectivity index (χ1) is 12.8. The third-order valence-corrected chi connectivity index (χ3v) is 7.12. The maximum Gasteiger partial charge on any atom is 0.243 e. The highest BCUT2D eigenvalue weighted by atomic mass is 35.5. The average molecular weight is 416 g/mol. The van der Waals surface area contributed by atoms with E-state index in [0.717, 1.165) is 23.8 Å². The molecule has 1 saturated heterocycles. The first-order valence-electron chi connectivity index (χ1n) is 9.57. The molecular weight excluding hydrogens is 386 g/mol. The summed E-state index contributed by atoms with van der Waals surface area (Å²) in [5.74, 6) is -0.291. The number of hydrogen-bond donors (Lipinski definition) is 1.